The number of carbonyl (C=O) groups excluding carboxylic acids is 2. The van der Waals surface area contributed by atoms with Gasteiger partial charge in [0.25, 0.3) is 15.9 Å². The summed E-state index contributed by atoms with van der Waals surface area (Å²) in [6, 6.07) is 16.7. The van der Waals surface area contributed by atoms with E-state index in [1.807, 2.05) is 0 Å². The maximum Gasteiger partial charge on any atom is 0.262 e. The SMILES string of the molecule is NC(=O)Cc1ccc(NC(=O)COc2ccc(S(=O)(=O)Nc3ccc(Cl)cc3)cc2Cl)cc1. The molecular formula is C22H19Cl2N3O5S. The first-order valence-corrected chi connectivity index (χ1v) is 11.7. The van der Waals surface area contributed by atoms with Gasteiger partial charge in [0.15, 0.2) is 6.61 Å². The molecule has 8 nitrogen and oxygen atoms in total. The van der Waals surface area contributed by atoms with Crippen molar-refractivity contribution < 1.29 is 22.7 Å². The summed E-state index contributed by atoms with van der Waals surface area (Å²) in [5.41, 5.74) is 6.73. The number of benzene rings is 3. The number of hydrogen-bond donors (Lipinski definition) is 3. The number of carbonyl (C=O) groups is 2. The van der Waals surface area contributed by atoms with Crippen molar-refractivity contribution in [2.75, 3.05) is 16.6 Å². The predicted octanol–water partition coefficient (Wildman–Crippen LogP) is 3.84. The average molecular weight is 508 g/mol. The molecule has 0 unspecified atom stereocenters. The fourth-order valence-corrected chi connectivity index (χ4v) is 4.26. The van der Waals surface area contributed by atoms with Crippen LogP contribution in [0, 0.1) is 0 Å². The van der Waals surface area contributed by atoms with E-state index in [0.717, 1.165) is 5.56 Å². The van der Waals surface area contributed by atoms with Crippen molar-refractivity contribution in [3.63, 3.8) is 0 Å². The second kappa shape index (κ2) is 10.6. The Morgan fingerprint density at radius 2 is 1.55 bits per heavy atom. The van der Waals surface area contributed by atoms with E-state index in [9.17, 15) is 18.0 Å². The summed E-state index contributed by atoms with van der Waals surface area (Å²) in [5.74, 6) is -0.750. The van der Waals surface area contributed by atoms with E-state index < -0.39 is 21.8 Å². The zero-order valence-corrected chi connectivity index (χ0v) is 19.4. The number of ether oxygens (including phenoxy) is 1. The van der Waals surface area contributed by atoms with Gasteiger partial charge in [0.1, 0.15) is 5.75 Å². The lowest BCUT2D eigenvalue weighted by atomic mass is 10.1. The van der Waals surface area contributed by atoms with Gasteiger partial charge in [-0.1, -0.05) is 35.3 Å². The van der Waals surface area contributed by atoms with E-state index in [1.54, 1.807) is 36.4 Å². The molecule has 0 heterocycles. The van der Waals surface area contributed by atoms with E-state index in [1.165, 1.54) is 30.3 Å². The summed E-state index contributed by atoms with van der Waals surface area (Å²) < 4.78 is 33.0. The Morgan fingerprint density at radius 3 is 2.15 bits per heavy atom. The number of rotatable bonds is 9. The van der Waals surface area contributed by atoms with Gasteiger partial charge in [-0.25, -0.2) is 8.42 Å². The molecule has 0 bridgehead atoms. The average Bonchev–Trinajstić information content (AvgIpc) is 2.75. The second-order valence-corrected chi connectivity index (χ2v) is 9.41. The summed E-state index contributed by atoms with van der Waals surface area (Å²) in [4.78, 5) is 23.0. The number of anilines is 2. The van der Waals surface area contributed by atoms with Crippen LogP contribution in [0.15, 0.2) is 71.6 Å². The van der Waals surface area contributed by atoms with E-state index >= 15 is 0 Å². The van der Waals surface area contributed by atoms with Gasteiger partial charge in [-0.05, 0) is 60.2 Å². The maximum absolute atomic E-state index is 12.6. The molecule has 2 amide bonds. The topological polar surface area (TPSA) is 128 Å². The van der Waals surface area contributed by atoms with Crippen molar-refractivity contribution in [3.8, 4) is 5.75 Å². The van der Waals surface area contributed by atoms with Crippen LogP contribution in [0.25, 0.3) is 0 Å². The number of sulfonamides is 1. The summed E-state index contributed by atoms with van der Waals surface area (Å²) >= 11 is 12.0. The zero-order chi connectivity index (χ0) is 24.0. The van der Waals surface area contributed by atoms with E-state index in [2.05, 4.69) is 10.0 Å². The van der Waals surface area contributed by atoms with Crippen LogP contribution >= 0.6 is 23.2 Å². The molecule has 0 saturated heterocycles. The van der Waals surface area contributed by atoms with Crippen LogP contribution in [-0.2, 0) is 26.0 Å². The minimum Gasteiger partial charge on any atom is -0.482 e. The fourth-order valence-electron chi connectivity index (χ4n) is 2.75. The van der Waals surface area contributed by atoms with Gasteiger partial charge in [-0.2, -0.15) is 0 Å². The second-order valence-electron chi connectivity index (χ2n) is 6.88. The summed E-state index contributed by atoms with van der Waals surface area (Å²) in [6.07, 6.45) is 0.108. The van der Waals surface area contributed by atoms with Gasteiger partial charge in [-0.3, -0.25) is 14.3 Å². The molecule has 0 saturated carbocycles. The number of nitrogens with one attached hydrogen (secondary N) is 2. The number of halogens is 2. The third-order valence-electron chi connectivity index (χ3n) is 4.28. The third kappa shape index (κ3) is 7.11. The molecule has 33 heavy (non-hydrogen) atoms. The quantitative estimate of drug-likeness (QED) is 0.405. The molecule has 0 aromatic heterocycles. The molecule has 3 rings (SSSR count). The van der Waals surface area contributed by atoms with Crippen LogP contribution in [0.4, 0.5) is 11.4 Å². The fraction of sp³-hybridized carbons (Fsp3) is 0.0909. The summed E-state index contributed by atoms with van der Waals surface area (Å²) in [5, 5.41) is 3.14. The molecule has 0 atom stereocenters. The zero-order valence-electron chi connectivity index (χ0n) is 17.0. The molecule has 11 heteroatoms. The highest BCUT2D eigenvalue weighted by Gasteiger charge is 2.17. The van der Waals surface area contributed by atoms with Gasteiger partial charge in [-0.15, -0.1) is 0 Å². The van der Waals surface area contributed by atoms with Gasteiger partial charge < -0.3 is 15.8 Å². The number of nitrogens with two attached hydrogens (primary N) is 1. The third-order valence-corrected chi connectivity index (χ3v) is 6.21. The first-order chi connectivity index (χ1) is 15.6. The first kappa shape index (κ1) is 24.4. The maximum atomic E-state index is 12.6. The van der Waals surface area contributed by atoms with Crippen molar-refractivity contribution in [2.24, 2.45) is 5.73 Å². The van der Waals surface area contributed by atoms with Crippen molar-refractivity contribution in [1.29, 1.82) is 0 Å². The van der Waals surface area contributed by atoms with E-state index in [4.69, 9.17) is 33.7 Å². The molecular weight excluding hydrogens is 489 g/mol. The molecule has 0 aliphatic rings. The molecule has 4 N–H and O–H groups in total. The lowest BCUT2D eigenvalue weighted by Crippen LogP contribution is -2.20. The molecule has 172 valence electrons. The molecule has 0 aliphatic heterocycles. The molecule has 0 fully saturated rings. The molecule has 0 radical (unpaired) electrons. The van der Waals surface area contributed by atoms with Gasteiger partial charge >= 0.3 is 0 Å². The smallest absolute Gasteiger partial charge is 0.262 e. The minimum atomic E-state index is -3.89. The Morgan fingerprint density at radius 1 is 0.909 bits per heavy atom. The van der Waals surface area contributed by atoms with Crippen LogP contribution in [-0.4, -0.2) is 26.8 Å². The standard InChI is InChI=1S/C22H19Cl2N3O5S/c23-15-3-7-17(8-4-15)27-33(30,31)18-9-10-20(19(24)12-18)32-13-22(29)26-16-5-1-14(2-6-16)11-21(25)28/h1-10,12,27H,11,13H2,(H2,25,28)(H,26,29). The Balaban J connectivity index is 1.59. The lowest BCUT2D eigenvalue weighted by Gasteiger charge is -2.12. The number of hydrogen-bond acceptors (Lipinski definition) is 5. The highest BCUT2D eigenvalue weighted by molar-refractivity contribution is 7.92. The van der Waals surface area contributed by atoms with Crippen molar-refractivity contribution >= 4 is 56.4 Å². The molecule has 3 aromatic rings. The lowest BCUT2D eigenvalue weighted by molar-refractivity contribution is -0.118. The van der Waals surface area contributed by atoms with E-state index in [-0.39, 0.29) is 28.7 Å². The molecule has 3 aromatic carbocycles. The van der Waals surface area contributed by atoms with Crippen LogP contribution in [0.2, 0.25) is 10.0 Å². The van der Waals surface area contributed by atoms with Crippen molar-refractivity contribution in [3.05, 3.63) is 82.3 Å². The first-order valence-electron chi connectivity index (χ1n) is 9.50. The predicted molar refractivity (Wildman–Crippen MR) is 127 cm³/mol. The highest BCUT2D eigenvalue weighted by Crippen LogP contribution is 2.28. The van der Waals surface area contributed by atoms with Crippen molar-refractivity contribution in [1.82, 2.24) is 0 Å². The van der Waals surface area contributed by atoms with Crippen LogP contribution in [0.3, 0.4) is 0 Å². The molecule has 0 spiro atoms. The Kier molecular flexibility index (Phi) is 7.80. The number of primary amides is 1. The Bertz CT molecular complexity index is 1260. The number of amides is 2. The normalized spacial score (nSPS) is 11.0. The van der Waals surface area contributed by atoms with Crippen LogP contribution in [0.5, 0.6) is 5.75 Å². The Hall–Kier alpha value is -3.27. The highest BCUT2D eigenvalue weighted by atomic mass is 35.5. The van der Waals surface area contributed by atoms with Gasteiger partial charge in [0, 0.05) is 16.4 Å². The summed E-state index contributed by atoms with van der Waals surface area (Å²) in [6.45, 7) is -0.349. The summed E-state index contributed by atoms with van der Waals surface area (Å²) in [7, 11) is -3.89. The van der Waals surface area contributed by atoms with E-state index in [0.29, 0.717) is 16.4 Å². The van der Waals surface area contributed by atoms with Crippen LogP contribution in [0.1, 0.15) is 5.56 Å². The van der Waals surface area contributed by atoms with Crippen LogP contribution < -0.4 is 20.5 Å². The minimum absolute atomic E-state index is 0.0255. The van der Waals surface area contributed by atoms with Crippen molar-refractivity contribution in [2.45, 2.75) is 11.3 Å². The Labute approximate surface area is 200 Å². The molecule has 0 aliphatic carbocycles. The monoisotopic (exact) mass is 507 g/mol. The van der Waals surface area contributed by atoms with Gasteiger partial charge in [0.2, 0.25) is 5.91 Å². The van der Waals surface area contributed by atoms with Gasteiger partial charge in [0.05, 0.1) is 16.3 Å². The largest absolute Gasteiger partial charge is 0.482 e.